The van der Waals surface area contributed by atoms with Crippen LogP contribution < -0.4 is 16.4 Å². The number of benzene rings is 2. The van der Waals surface area contributed by atoms with Crippen molar-refractivity contribution in [1.29, 1.82) is 0 Å². The largest absolute Gasteiger partial charge is 0.366 e. The third-order valence-corrected chi connectivity index (χ3v) is 4.52. The molecule has 0 aliphatic heterocycles. The normalized spacial score (nSPS) is 11.7. The van der Waals surface area contributed by atoms with Crippen LogP contribution in [0.1, 0.15) is 29.8 Å². The van der Waals surface area contributed by atoms with Crippen molar-refractivity contribution >= 4 is 23.4 Å². The Bertz CT molecular complexity index is 853. The molecule has 1 unspecified atom stereocenters. The van der Waals surface area contributed by atoms with Crippen LogP contribution in [0.4, 0.5) is 10.1 Å². The van der Waals surface area contributed by atoms with Crippen molar-refractivity contribution in [3.63, 3.8) is 0 Å². The number of hydrogen-bond acceptors (Lipinski definition) is 4. The van der Waals surface area contributed by atoms with E-state index in [1.807, 2.05) is 6.92 Å². The number of hydrogen-bond donors (Lipinski definition) is 3. The van der Waals surface area contributed by atoms with Gasteiger partial charge >= 0.3 is 0 Å². The molecule has 4 N–H and O–H groups in total. The van der Waals surface area contributed by atoms with Gasteiger partial charge in [0.1, 0.15) is 5.82 Å². The van der Waals surface area contributed by atoms with Gasteiger partial charge in [-0.05, 0) is 55.4 Å². The molecule has 0 saturated carbocycles. The van der Waals surface area contributed by atoms with Crippen molar-refractivity contribution in [2.45, 2.75) is 26.4 Å². The van der Waals surface area contributed by atoms with Gasteiger partial charge in [-0.15, -0.1) is 0 Å². The van der Waals surface area contributed by atoms with Gasteiger partial charge in [-0.1, -0.05) is 19.1 Å². The Morgan fingerprint density at radius 2 is 1.69 bits per heavy atom. The molecule has 0 aromatic heterocycles. The van der Waals surface area contributed by atoms with Crippen LogP contribution >= 0.6 is 0 Å². The molecule has 0 saturated heterocycles. The Kier molecular flexibility index (Phi) is 7.85. The smallest absolute Gasteiger partial charge is 0.248 e. The SMILES string of the molecule is CCN(CC(=O)NCc1ccc(F)cc1)C(C)C(=O)Nc1ccc(C(N)=O)cc1. The molecule has 0 heterocycles. The van der Waals surface area contributed by atoms with Gasteiger partial charge in [-0.2, -0.15) is 0 Å². The molecule has 0 fully saturated rings. The Morgan fingerprint density at radius 3 is 2.24 bits per heavy atom. The Morgan fingerprint density at radius 1 is 1.07 bits per heavy atom. The molecule has 3 amide bonds. The molecule has 8 heteroatoms. The minimum absolute atomic E-state index is 0.0485. The number of nitrogens with zero attached hydrogens (tertiary/aromatic N) is 1. The lowest BCUT2D eigenvalue weighted by Gasteiger charge is -2.26. The van der Waals surface area contributed by atoms with Crippen molar-refractivity contribution < 1.29 is 18.8 Å². The first kappa shape index (κ1) is 22.0. The number of likely N-dealkylation sites (N-methyl/N-ethyl adjacent to an activating group) is 1. The molecule has 7 nitrogen and oxygen atoms in total. The standard InChI is InChI=1S/C21H25FN4O3/c1-3-26(13-19(27)24-12-15-4-8-17(22)9-5-15)14(2)21(29)25-18-10-6-16(7-11-18)20(23)28/h4-11,14H,3,12-13H2,1-2H3,(H2,23,28)(H,24,27)(H,25,29). The van der Waals surface area contributed by atoms with Gasteiger partial charge in [0.2, 0.25) is 17.7 Å². The molecule has 0 radical (unpaired) electrons. The summed E-state index contributed by atoms with van der Waals surface area (Å²) in [5, 5.41) is 5.52. The first-order chi connectivity index (χ1) is 13.8. The number of rotatable bonds is 9. The minimum Gasteiger partial charge on any atom is -0.366 e. The second-order valence-electron chi connectivity index (χ2n) is 6.57. The summed E-state index contributed by atoms with van der Waals surface area (Å²) in [5.41, 5.74) is 6.87. The predicted octanol–water partition coefficient (Wildman–Crippen LogP) is 1.89. The monoisotopic (exact) mass is 400 g/mol. The summed E-state index contributed by atoms with van der Waals surface area (Å²) in [6, 6.07) is 11.6. The third-order valence-electron chi connectivity index (χ3n) is 4.52. The fourth-order valence-corrected chi connectivity index (χ4v) is 2.70. The van der Waals surface area contributed by atoms with Crippen LogP contribution in [0.2, 0.25) is 0 Å². The van der Waals surface area contributed by atoms with E-state index in [9.17, 15) is 18.8 Å². The van der Waals surface area contributed by atoms with Crippen molar-refractivity contribution in [3.8, 4) is 0 Å². The maximum Gasteiger partial charge on any atom is 0.248 e. The van der Waals surface area contributed by atoms with E-state index in [4.69, 9.17) is 5.73 Å². The van der Waals surface area contributed by atoms with Gasteiger partial charge in [-0.3, -0.25) is 19.3 Å². The van der Waals surface area contributed by atoms with Crippen LogP contribution in [0, 0.1) is 5.82 Å². The summed E-state index contributed by atoms with van der Waals surface area (Å²) in [6.07, 6.45) is 0. The molecule has 2 rings (SSSR count). The van der Waals surface area contributed by atoms with Gasteiger partial charge < -0.3 is 16.4 Å². The first-order valence-electron chi connectivity index (χ1n) is 9.26. The fourth-order valence-electron chi connectivity index (χ4n) is 2.70. The zero-order valence-electron chi connectivity index (χ0n) is 16.4. The quantitative estimate of drug-likeness (QED) is 0.598. The lowest BCUT2D eigenvalue weighted by molar-refractivity contribution is -0.125. The molecule has 2 aromatic rings. The van der Waals surface area contributed by atoms with E-state index in [2.05, 4.69) is 10.6 Å². The van der Waals surface area contributed by atoms with Gasteiger partial charge in [0.15, 0.2) is 0 Å². The van der Waals surface area contributed by atoms with Crippen LogP contribution in [0.3, 0.4) is 0 Å². The molecule has 0 spiro atoms. The van der Waals surface area contributed by atoms with Crippen molar-refractivity contribution in [2.24, 2.45) is 5.73 Å². The summed E-state index contributed by atoms with van der Waals surface area (Å²) >= 11 is 0. The molecular weight excluding hydrogens is 375 g/mol. The highest BCUT2D eigenvalue weighted by atomic mass is 19.1. The number of primary amides is 1. The summed E-state index contributed by atoms with van der Waals surface area (Å²) < 4.78 is 12.9. The lowest BCUT2D eigenvalue weighted by atomic mass is 10.2. The average Bonchev–Trinajstić information content (AvgIpc) is 2.71. The number of carbonyl (C=O) groups is 3. The predicted molar refractivity (Wildman–Crippen MR) is 109 cm³/mol. The van der Waals surface area contributed by atoms with E-state index in [-0.39, 0.29) is 30.7 Å². The summed E-state index contributed by atoms with van der Waals surface area (Å²) in [7, 11) is 0. The van der Waals surface area contributed by atoms with E-state index in [0.29, 0.717) is 17.8 Å². The topological polar surface area (TPSA) is 105 Å². The second-order valence-corrected chi connectivity index (χ2v) is 6.57. The summed E-state index contributed by atoms with van der Waals surface area (Å²) in [6.45, 7) is 4.40. The summed E-state index contributed by atoms with van der Waals surface area (Å²) in [4.78, 5) is 37.6. The Balaban J connectivity index is 1.88. The van der Waals surface area contributed by atoms with E-state index < -0.39 is 11.9 Å². The molecule has 0 aliphatic rings. The van der Waals surface area contributed by atoms with E-state index in [0.717, 1.165) is 5.56 Å². The van der Waals surface area contributed by atoms with Crippen LogP contribution in [0.25, 0.3) is 0 Å². The minimum atomic E-state index is -0.549. The van der Waals surface area contributed by atoms with Gasteiger partial charge in [0, 0.05) is 17.8 Å². The Labute approximate surface area is 169 Å². The highest BCUT2D eigenvalue weighted by Gasteiger charge is 2.22. The van der Waals surface area contributed by atoms with E-state index in [1.54, 1.807) is 36.1 Å². The second kappa shape index (κ2) is 10.3. The number of halogens is 1. The van der Waals surface area contributed by atoms with E-state index >= 15 is 0 Å². The number of nitrogens with two attached hydrogens (primary N) is 1. The van der Waals surface area contributed by atoms with Crippen LogP contribution in [-0.4, -0.2) is 41.8 Å². The van der Waals surface area contributed by atoms with E-state index in [1.165, 1.54) is 24.3 Å². The maximum atomic E-state index is 12.9. The molecule has 0 aliphatic carbocycles. The lowest BCUT2D eigenvalue weighted by Crippen LogP contribution is -2.46. The fraction of sp³-hybridized carbons (Fsp3) is 0.286. The van der Waals surface area contributed by atoms with Crippen molar-refractivity contribution in [3.05, 3.63) is 65.5 Å². The zero-order valence-corrected chi connectivity index (χ0v) is 16.4. The number of anilines is 1. The zero-order chi connectivity index (χ0) is 21.4. The molecule has 0 bridgehead atoms. The van der Waals surface area contributed by atoms with Crippen molar-refractivity contribution in [1.82, 2.24) is 10.2 Å². The molecule has 1 atom stereocenters. The van der Waals surface area contributed by atoms with Gasteiger partial charge in [-0.25, -0.2) is 4.39 Å². The molecular formula is C21H25FN4O3. The third kappa shape index (κ3) is 6.69. The molecule has 154 valence electrons. The highest BCUT2D eigenvalue weighted by molar-refractivity contribution is 5.96. The number of nitrogens with one attached hydrogen (secondary N) is 2. The Hall–Kier alpha value is -3.26. The van der Waals surface area contributed by atoms with Crippen LogP contribution in [0.5, 0.6) is 0 Å². The van der Waals surface area contributed by atoms with Crippen molar-refractivity contribution in [2.75, 3.05) is 18.4 Å². The number of amides is 3. The first-order valence-corrected chi connectivity index (χ1v) is 9.26. The van der Waals surface area contributed by atoms with Gasteiger partial charge in [0.25, 0.3) is 0 Å². The van der Waals surface area contributed by atoms with Crippen LogP contribution in [0.15, 0.2) is 48.5 Å². The average molecular weight is 400 g/mol. The highest BCUT2D eigenvalue weighted by Crippen LogP contribution is 2.11. The molecule has 2 aromatic carbocycles. The number of carbonyl (C=O) groups excluding carboxylic acids is 3. The summed E-state index contributed by atoms with van der Waals surface area (Å²) in [5.74, 6) is -1.38. The van der Waals surface area contributed by atoms with Crippen LogP contribution in [-0.2, 0) is 16.1 Å². The molecule has 29 heavy (non-hydrogen) atoms. The van der Waals surface area contributed by atoms with Gasteiger partial charge in [0.05, 0.1) is 12.6 Å². The maximum absolute atomic E-state index is 12.9.